The molecule has 0 atom stereocenters. The minimum absolute atomic E-state index is 0.0821. The van der Waals surface area contributed by atoms with E-state index in [2.05, 4.69) is 15.5 Å². The second-order valence-corrected chi connectivity index (χ2v) is 5.36. The molecule has 0 fully saturated rings. The van der Waals surface area contributed by atoms with Gasteiger partial charge in [0.05, 0.1) is 12.6 Å². The number of aryl methyl sites for hydroxylation is 1. The van der Waals surface area contributed by atoms with Gasteiger partial charge in [-0.05, 0) is 30.2 Å². The van der Waals surface area contributed by atoms with Gasteiger partial charge in [-0.1, -0.05) is 30.3 Å². The number of nitrogens with one attached hydrogen (secondary N) is 2. The molecule has 0 saturated carbocycles. The van der Waals surface area contributed by atoms with Crippen LogP contribution in [0.2, 0.25) is 0 Å². The van der Waals surface area contributed by atoms with Gasteiger partial charge in [0, 0.05) is 17.5 Å². The number of aromatic nitrogens is 2. The summed E-state index contributed by atoms with van der Waals surface area (Å²) in [6, 6.07) is 15.1. The Hall–Kier alpha value is -3.15. The van der Waals surface area contributed by atoms with Crippen LogP contribution < -0.4 is 5.32 Å². The zero-order valence-corrected chi connectivity index (χ0v) is 13.2. The van der Waals surface area contributed by atoms with E-state index < -0.39 is 5.97 Å². The third kappa shape index (κ3) is 3.43. The summed E-state index contributed by atoms with van der Waals surface area (Å²) >= 11 is 0. The predicted molar refractivity (Wildman–Crippen MR) is 90.8 cm³/mol. The first-order chi connectivity index (χ1) is 11.7. The Morgan fingerprint density at radius 2 is 1.96 bits per heavy atom. The van der Waals surface area contributed by atoms with E-state index in [1.54, 1.807) is 18.2 Å². The topological polar surface area (TPSA) is 84.1 Å². The summed E-state index contributed by atoms with van der Waals surface area (Å²) in [5.74, 6) is -0.602. The molecule has 0 bridgehead atoms. The molecule has 1 aromatic heterocycles. The molecule has 3 rings (SSSR count). The van der Waals surface area contributed by atoms with E-state index in [1.165, 1.54) is 7.11 Å². The van der Waals surface area contributed by atoms with Gasteiger partial charge in [-0.3, -0.25) is 9.89 Å². The minimum atomic E-state index is -0.520. The quantitative estimate of drug-likeness (QED) is 0.707. The molecule has 3 aromatic rings. The molecular formula is C18H17N3O3. The minimum Gasteiger partial charge on any atom is -0.464 e. The van der Waals surface area contributed by atoms with Crippen LogP contribution in [0.1, 0.15) is 22.5 Å². The SMILES string of the molecule is COC(=O)c1n[nH]c2ccc(NC(=O)CCc3ccccc3)cc12. The molecule has 0 aliphatic heterocycles. The molecule has 0 radical (unpaired) electrons. The Balaban J connectivity index is 1.70. The number of nitrogens with zero attached hydrogens (tertiary/aromatic N) is 1. The molecule has 0 aliphatic carbocycles. The summed E-state index contributed by atoms with van der Waals surface area (Å²) < 4.78 is 4.70. The number of amides is 1. The maximum Gasteiger partial charge on any atom is 0.359 e. The van der Waals surface area contributed by atoms with Crippen molar-refractivity contribution < 1.29 is 14.3 Å². The van der Waals surface area contributed by atoms with Crippen LogP contribution in [-0.4, -0.2) is 29.2 Å². The fourth-order valence-electron chi connectivity index (χ4n) is 2.47. The molecule has 0 saturated heterocycles. The fraction of sp³-hybridized carbons (Fsp3) is 0.167. The van der Waals surface area contributed by atoms with E-state index in [-0.39, 0.29) is 11.6 Å². The number of anilines is 1. The maximum atomic E-state index is 12.1. The number of benzene rings is 2. The highest BCUT2D eigenvalue weighted by Crippen LogP contribution is 2.21. The van der Waals surface area contributed by atoms with E-state index in [0.717, 1.165) is 5.56 Å². The number of aromatic amines is 1. The van der Waals surface area contributed by atoms with Crippen LogP contribution in [-0.2, 0) is 16.0 Å². The van der Waals surface area contributed by atoms with Crippen molar-refractivity contribution in [3.63, 3.8) is 0 Å². The molecule has 6 heteroatoms. The first-order valence-corrected chi connectivity index (χ1v) is 7.57. The number of carbonyl (C=O) groups is 2. The molecule has 0 aliphatic rings. The summed E-state index contributed by atoms with van der Waals surface area (Å²) in [6.45, 7) is 0. The van der Waals surface area contributed by atoms with Crippen molar-refractivity contribution in [1.82, 2.24) is 10.2 Å². The molecule has 2 aromatic carbocycles. The highest BCUT2D eigenvalue weighted by molar-refractivity contribution is 6.03. The number of H-pyrrole nitrogens is 1. The van der Waals surface area contributed by atoms with E-state index >= 15 is 0 Å². The van der Waals surface area contributed by atoms with Gasteiger partial charge in [0.2, 0.25) is 5.91 Å². The van der Waals surface area contributed by atoms with Crippen LogP contribution in [0, 0.1) is 0 Å². The number of fused-ring (bicyclic) bond motifs is 1. The number of esters is 1. The third-order valence-electron chi connectivity index (χ3n) is 3.71. The van der Waals surface area contributed by atoms with Gasteiger partial charge in [-0.15, -0.1) is 0 Å². The average molecular weight is 323 g/mol. The molecule has 0 unspecified atom stereocenters. The standard InChI is InChI=1S/C18H17N3O3/c1-24-18(23)17-14-11-13(8-9-15(14)20-21-17)19-16(22)10-7-12-5-3-2-4-6-12/h2-6,8-9,11H,7,10H2,1H3,(H,19,22)(H,20,21). The Bertz CT molecular complexity index is 872. The van der Waals surface area contributed by atoms with Gasteiger partial charge in [0.25, 0.3) is 0 Å². The number of hydrogen-bond donors (Lipinski definition) is 2. The van der Waals surface area contributed by atoms with Gasteiger partial charge in [-0.2, -0.15) is 5.10 Å². The summed E-state index contributed by atoms with van der Waals surface area (Å²) in [4.78, 5) is 23.8. The molecule has 1 heterocycles. The predicted octanol–water partition coefficient (Wildman–Crippen LogP) is 2.92. The van der Waals surface area contributed by atoms with E-state index in [0.29, 0.717) is 29.4 Å². The van der Waals surface area contributed by atoms with Crippen LogP contribution in [0.5, 0.6) is 0 Å². The van der Waals surface area contributed by atoms with Gasteiger partial charge in [0.1, 0.15) is 0 Å². The lowest BCUT2D eigenvalue weighted by atomic mass is 10.1. The van der Waals surface area contributed by atoms with Crippen LogP contribution in [0.4, 0.5) is 5.69 Å². The van der Waals surface area contributed by atoms with E-state index in [4.69, 9.17) is 4.74 Å². The Morgan fingerprint density at radius 1 is 1.17 bits per heavy atom. The largest absolute Gasteiger partial charge is 0.464 e. The number of ether oxygens (including phenoxy) is 1. The first-order valence-electron chi connectivity index (χ1n) is 7.57. The number of rotatable bonds is 5. The highest BCUT2D eigenvalue weighted by Gasteiger charge is 2.15. The summed E-state index contributed by atoms with van der Waals surface area (Å²) in [5, 5.41) is 10.2. The van der Waals surface area contributed by atoms with Gasteiger partial charge >= 0.3 is 5.97 Å². The molecule has 1 amide bonds. The Morgan fingerprint density at radius 3 is 2.71 bits per heavy atom. The smallest absolute Gasteiger partial charge is 0.359 e. The van der Waals surface area contributed by atoms with Crippen LogP contribution >= 0.6 is 0 Å². The lowest BCUT2D eigenvalue weighted by Crippen LogP contribution is -2.12. The molecule has 24 heavy (non-hydrogen) atoms. The number of methoxy groups -OCH3 is 1. The molecular weight excluding hydrogens is 306 g/mol. The van der Waals surface area contributed by atoms with E-state index in [9.17, 15) is 9.59 Å². The molecule has 0 spiro atoms. The second kappa shape index (κ2) is 6.95. The Labute approximate surface area is 138 Å². The average Bonchev–Trinajstić information content (AvgIpc) is 3.03. The van der Waals surface area contributed by atoms with Gasteiger partial charge < -0.3 is 10.1 Å². The maximum absolute atomic E-state index is 12.1. The van der Waals surface area contributed by atoms with E-state index in [1.807, 2.05) is 30.3 Å². The van der Waals surface area contributed by atoms with Crippen molar-refractivity contribution in [2.24, 2.45) is 0 Å². The zero-order chi connectivity index (χ0) is 16.9. The van der Waals surface area contributed by atoms with Crippen molar-refractivity contribution in [1.29, 1.82) is 0 Å². The number of carbonyl (C=O) groups excluding carboxylic acids is 2. The van der Waals surface area contributed by atoms with Gasteiger partial charge in [-0.25, -0.2) is 4.79 Å². The van der Waals surface area contributed by atoms with Crippen molar-refractivity contribution in [3.8, 4) is 0 Å². The van der Waals surface area contributed by atoms with Crippen LogP contribution in [0.3, 0.4) is 0 Å². The lowest BCUT2D eigenvalue weighted by molar-refractivity contribution is -0.116. The van der Waals surface area contributed by atoms with Gasteiger partial charge in [0.15, 0.2) is 5.69 Å². The van der Waals surface area contributed by atoms with Crippen LogP contribution in [0.15, 0.2) is 48.5 Å². The fourth-order valence-corrected chi connectivity index (χ4v) is 2.47. The molecule has 6 nitrogen and oxygen atoms in total. The summed E-state index contributed by atoms with van der Waals surface area (Å²) in [6.07, 6.45) is 1.06. The second-order valence-electron chi connectivity index (χ2n) is 5.36. The molecule has 2 N–H and O–H groups in total. The number of hydrogen-bond acceptors (Lipinski definition) is 4. The first kappa shape index (κ1) is 15.7. The normalized spacial score (nSPS) is 10.5. The van der Waals surface area contributed by atoms with Crippen molar-refractivity contribution in [2.75, 3.05) is 12.4 Å². The highest BCUT2D eigenvalue weighted by atomic mass is 16.5. The summed E-state index contributed by atoms with van der Waals surface area (Å²) in [5.41, 5.74) is 2.64. The monoisotopic (exact) mass is 323 g/mol. The third-order valence-corrected chi connectivity index (χ3v) is 3.71. The van der Waals surface area contributed by atoms with Crippen molar-refractivity contribution in [3.05, 3.63) is 59.8 Å². The van der Waals surface area contributed by atoms with Crippen molar-refractivity contribution >= 4 is 28.5 Å². The lowest BCUT2D eigenvalue weighted by Gasteiger charge is -2.06. The molecule has 122 valence electrons. The zero-order valence-electron chi connectivity index (χ0n) is 13.2. The Kier molecular flexibility index (Phi) is 4.56. The summed E-state index contributed by atoms with van der Waals surface area (Å²) in [7, 11) is 1.30. The van der Waals surface area contributed by atoms with Crippen LogP contribution in [0.25, 0.3) is 10.9 Å². The van der Waals surface area contributed by atoms with Crippen molar-refractivity contribution in [2.45, 2.75) is 12.8 Å².